The molecule has 0 saturated carbocycles. The lowest BCUT2D eigenvalue weighted by Crippen LogP contribution is -2.49. The highest BCUT2D eigenvalue weighted by Gasteiger charge is 2.34. The van der Waals surface area contributed by atoms with Gasteiger partial charge in [-0.05, 0) is 41.0 Å². The van der Waals surface area contributed by atoms with E-state index in [-0.39, 0.29) is 35.3 Å². The highest BCUT2D eigenvalue weighted by Crippen LogP contribution is 2.38. The molecule has 1 amide bonds. The van der Waals surface area contributed by atoms with Gasteiger partial charge in [0.25, 0.3) is 11.6 Å². The van der Waals surface area contributed by atoms with Gasteiger partial charge in [-0.15, -0.1) is 0 Å². The standard InChI is InChI=1S/C35H37N5O6/c41-24-26-5-7-27(8-6-26)33-20-32(23-38-16-18-39(19-17-38)30-11-13-31(14-12-30)40(43)44)45-35(46-33)28-9-3-25(4-10-28)21-37-34(42)29-2-1-15-36-22-29/h1-15,22,32-33,35,41H,16-21,23-24H2,(H,37,42)/t32-,33+,35+/m0/s1. The number of aromatic nitrogens is 1. The van der Waals surface area contributed by atoms with Gasteiger partial charge >= 0.3 is 0 Å². The lowest BCUT2D eigenvalue weighted by atomic mass is 9.99. The van der Waals surface area contributed by atoms with Gasteiger partial charge in [-0.2, -0.15) is 0 Å². The first-order valence-corrected chi connectivity index (χ1v) is 15.4. The third-order valence-electron chi connectivity index (χ3n) is 8.50. The number of carbonyl (C=O) groups is 1. The number of hydrogen-bond acceptors (Lipinski definition) is 9. The first-order valence-electron chi connectivity index (χ1n) is 15.4. The molecule has 0 unspecified atom stereocenters. The predicted octanol–water partition coefficient (Wildman–Crippen LogP) is 4.78. The molecule has 2 fully saturated rings. The number of nitro benzene ring substituents is 1. The predicted molar refractivity (Wildman–Crippen MR) is 172 cm³/mol. The number of aliphatic hydroxyl groups excluding tert-OH is 1. The molecule has 2 saturated heterocycles. The summed E-state index contributed by atoms with van der Waals surface area (Å²) in [7, 11) is 0. The zero-order valence-corrected chi connectivity index (χ0v) is 25.4. The molecule has 3 heterocycles. The molecule has 6 rings (SSSR count). The zero-order chi connectivity index (χ0) is 31.9. The fourth-order valence-corrected chi connectivity index (χ4v) is 5.87. The Hall–Kier alpha value is -4.68. The Kier molecular flexibility index (Phi) is 9.94. The molecule has 11 heteroatoms. The average molecular weight is 624 g/mol. The second-order valence-electron chi connectivity index (χ2n) is 11.6. The van der Waals surface area contributed by atoms with Crippen LogP contribution in [0.25, 0.3) is 0 Å². The number of nitrogens with zero attached hydrogens (tertiary/aromatic N) is 4. The van der Waals surface area contributed by atoms with Crippen LogP contribution in [-0.4, -0.2) is 64.6 Å². The summed E-state index contributed by atoms with van der Waals surface area (Å²) >= 11 is 0. The zero-order valence-electron chi connectivity index (χ0n) is 25.4. The van der Waals surface area contributed by atoms with Crippen molar-refractivity contribution in [2.24, 2.45) is 0 Å². The molecule has 0 aliphatic carbocycles. The van der Waals surface area contributed by atoms with Crippen LogP contribution in [0.4, 0.5) is 11.4 Å². The van der Waals surface area contributed by atoms with Crippen LogP contribution >= 0.6 is 0 Å². The Labute approximate surface area is 267 Å². The molecule has 0 radical (unpaired) electrons. The number of nitrogens with one attached hydrogen (secondary N) is 1. The minimum atomic E-state index is -0.568. The lowest BCUT2D eigenvalue weighted by Gasteiger charge is -2.41. The number of hydrogen-bond donors (Lipinski definition) is 2. The Morgan fingerprint density at radius 2 is 1.61 bits per heavy atom. The molecule has 3 atom stereocenters. The van der Waals surface area contributed by atoms with Crippen LogP contribution in [-0.2, 0) is 22.6 Å². The van der Waals surface area contributed by atoms with Crippen molar-refractivity contribution in [2.75, 3.05) is 37.6 Å². The summed E-state index contributed by atoms with van der Waals surface area (Å²) < 4.78 is 13.1. The highest BCUT2D eigenvalue weighted by molar-refractivity contribution is 5.93. The number of amides is 1. The van der Waals surface area contributed by atoms with E-state index in [2.05, 4.69) is 20.1 Å². The van der Waals surface area contributed by atoms with E-state index in [1.807, 2.05) is 60.7 Å². The van der Waals surface area contributed by atoms with E-state index in [0.717, 1.165) is 60.7 Å². The molecular formula is C35H37N5O6. The van der Waals surface area contributed by atoms with Crippen LogP contribution in [0.3, 0.4) is 0 Å². The van der Waals surface area contributed by atoms with Crippen LogP contribution in [0.2, 0.25) is 0 Å². The van der Waals surface area contributed by atoms with Gasteiger partial charge in [-0.3, -0.25) is 24.8 Å². The summed E-state index contributed by atoms with van der Waals surface area (Å²) in [5.41, 5.74) is 5.33. The summed E-state index contributed by atoms with van der Waals surface area (Å²) in [6.45, 7) is 4.44. The Balaban J connectivity index is 1.10. The van der Waals surface area contributed by atoms with Crippen LogP contribution in [0.5, 0.6) is 0 Å². The van der Waals surface area contributed by atoms with E-state index in [1.54, 1.807) is 36.7 Å². The maximum absolute atomic E-state index is 12.4. The monoisotopic (exact) mass is 623 g/mol. The van der Waals surface area contributed by atoms with Gasteiger partial charge in [-0.25, -0.2) is 0 Å². The summed E-state index contributed by atoms with van der Waals surface area (Å²) in [5.74, 6) is -0.178. The van der Waals surface area contributed by atoms with Crippen LogP contribution in [0.15, 0.2) is 97.3 Å². The fraction of sp³-hybridized carbons (Fsp3) is 0.314. The number of aliphatic hydroxyl groups is 1. The van der Waals surface area contributed by atoms with Gasteiger partial charge < -0.3 is 24.8 Å². The second-order valence-corrected chi connectivity index (χ2v) is 11.6. The molecule has 1 aromatic heterocycles. The summed E-state index contributed by atoms with van der Waals surface area (Å²) in [4.78, 5) is 31.7. The SMILES string of the molecule is O=C(NCc1ccc([C@@H]2O[C@H](CN3CCN(c4ccc([N+](=O)[O-])cc4)CC3)C[C@H](c3ccc(CO)cc3)O2)cc1)c1cccnc1. The van der Waals surface area contributed by atoms with Crippen molar-refractivity contribution < 1.29 is 24.3 Å². The molecule has 0 spiro atoms. The van der Waals surface area contributed by atoms with Gasteiger partial charge in [0.05, 0.1) is 29.3 Å². The summed E-state index contributed by atoms with van der Waals surface area (Å²) in [6, 6.07) is 25.9. The number of nitro groups is 1. The van der Waals surface area contributed by atoms with Crippen molar-refractivity contribution >= 4 is 17.3 Å². The van der Waals surface area contributed by atoms with E-state index in [0.29, 0.717) is 18.5 Å². The largest absolute Gasteiger partial charge is 0.392 e. The first kappa shape index (κ1) is 31.3. The maximum Gasteiger partial charge on any atom is 0.269 e. The number of piperazine rings is 1. The molecular weight excluding hydrogens is 586 g/mol. The molecule has 3 aromatic carbocycles. The molecule has 4 aromatic rings. The quantitative estimate of drug-likeness (QED) is 0.189. The van der Waals surface area contributed by atoms with Gasteiger partial charge in [0.2, 0.25) is 0 Å². The molecule has 2 aliphatic rings. The Morgan fingerprint density at radius 3 is 2.26 bits per heavy atom. The number of non-ortho nitro benzene ring substituents is 1. The molecule has 11 nitrogen and oxygen atoms in total. The number of ether oxygens (including phenoxy) is 2. The van der Waals surface area contributed by atoms with E-state index in [4.69, 9.17) is 9.47 Å². The van der Waals surface area contributed by atoms with Crippen molar-refractivity contribution in [3.05, 3.63) is 135 Å². The van der Waals surface area contributed by atoms with Gasteiger partial charge in [-0.1, -0.05) is 48.5 Å². The third kappa shape index (κ3) is 7.75. The van der Waals surface area contributed by atoms with Crippen molar-refractivity contribution in [2.45, 2.75) is 38.1 Å². The van der Waals surface area contributed by atoms with E-state index in [1.165, 1.54) is 0 Å². The third-order valence-corrected chi connectivity index (χ3v) is 8.50. The normalized spacial score (nSPS) is 20.3. The highest BCUT2D eigenvalue weighted by atomic mass is 16.7. The molecule has 46 heavy (non-hydrogen) atoms. The molecule has 2 N–H and O–H groups in total. The average Bonchev–Trinajstić information content (AvgIpc) is 3.11. The van der Waals surface area contributed by atoms with Crippen LogP contribution < -0.4 is 10.2 Å². The molecule has 0 bridgehead atoms. The first-order chi connectivity index (χ1) is 22.4. The molecule has 2 aliphatic heterocycles. The number of rotatable bonds is 10. The molecule has 238 valence electrons. The number of carbonyl (C=O) groups excluding carboxylic acids is 1. The minimum Gasteiger partial charge on any atom is -0.392 e. The van der Waals surface area contributed by atoms with Crippen molar-refractivity contribution in [3.63, 3.8) is 0 Å². The van der Waals surface area contributed by atoms with Gasteiger partial charge in [0.1, 0.15) is 0 Å². The lowest BCUT2D eigenvalue weighted by molar-refractivity contribution is -0.384. The van der Waals surface area contributed by atoms with Crippen LogP contribution in [0.1, 0.15) is 51.4 Å². The Bertz CT molecular complexity index is 1590. The maximum atomic E-state index is 12.4. The number of benzene rings is 3. The van der Waals surface area contributed by atoms with Crippen molar-refractivity contribution in [1.29, 1.82) is 0 Å². The van der Waals surface area contributed by atoms with Crippen molar-refractivity contribution in [3.8, 4) is 0 Å². The van der Waals surface area contributed by atoms with Crippen molar-refractivity contribution in [1.82, 2.24) is 15.2 Å². The van der Waals surface area contributed by atoms with E-state index >= 15 is 0 Å². The summed E-state index contributed by atoms with van der Waals surface area (Å²) in [5, 5.41) is 23.5. The fourth-order valence-electron chi connectivity index (χ4n) is 5.87. The van der Waals surface area contributed by atoms with E-state index in [9.17, 15) is 20.0 Å². The number of anilines is 1. The van der Waals surface area contributed by atoms with Gasteiger partial charge in [0, 0.05) is 81.5 Å². The second kappa shape index (κ2) is 14.6. The Morgan fingerprint density at radius 1 is 0.913 bits per heavy atom. The number of pyridine rings is 1. The van der Waals surface area contributed by atoms with E-state index < -0.39 is 6.29 Å². The van der Waals surface area contributed by atoms with Gasteiger partial charge in [0.15, 0.2) is 6.29 Å². The minimum absolute atomic E-state index is 0.0128. The van der Waals surface area contributed by atoms with Crippen LogP contribution in [0, 0.1) is 10.1 Å². The smallest absolute Gasteiger partial charge is 0.269 e. The topological polar surface area (TPSA) is 130 Å². The summed E-state index contributed by atoms with van der Waals surface area (Å²) in [6.07, 6.45) is 3.04.